The first-order valence-electron chi connectivity index (χ1n) is 4.74. The summed E-state index contributed by atoms with van der Waals surface area (Å²) in [6, 6.07) is 4.32. The number of rotatable bonds is 4. The Morgan fingerprint density at radius 3 is 2.75 bits per heavy atom. The molecule has 1 aromatic rings. The van der Waals surface area contributed by atoms with Crippen molar-refractivity contribution in [2.45, 2.75) is 13.1 Å². The van der Waals surface area contributed by atoms with Crippen LogP contribution in [0.25, 0.3) is 0 Å². The molecule has 0 radical (unpaired) electrons. The number of halogens is 2. The van der Waals surface area contributed by atoms with Crippen LogP contribution in [0, 0.1) is 0 Å². The van der Waals surface area contributed by atoms with Crippen LogP contribution in [0.15, 0.2) is 18.2 Å². The molecule has 1 rings (SSSR count). The number of carbonyl (C=O) groups is 1. The SMILES string of the molecule is CCOc1ccc(C(F)C(=O)OC)cc1Cl. The molecule has 0 heterocycles. The van der Waals surface area contributed by atoms with Gasteiger partial charge in [0.25, 0.3) is 0 Å². The summed E-state index contributed by atoms with van der Waals surface area (Å²) in [5.41, 5.74) is 0.153. The molecular formula is C11H12ClFO3. The van der Waals surface area contributed by atoms with Gasteiger partial charge in [0.15, 0.2) is 0 Å². The molecular weight excluding hydrogens is 235 g/mol. The molecule has 0 amide bonds. The summed E-state index contributed by atoms with van der Waals surface area (Å²) in [7, 11) is 1.13. The Morgan fingerprint density at radius 1 is 1.56 bits per heavy atom. The molecule has 88 valence electrons. The van der Waals surface area contributed by atoms with E-state index >= 15 is 0 Å². The molecule has 0 saturated heterocycles. The maximum Gasteiger partial charge on any atom is 0.345 e. The van der Waals surface area contributed by atoms with Crippen LogP contribution in [-0.4, -0.2) is 19.7 Å². The fourth-order valence-corrected chi connectivity index (χ4v) is 1.43. The number of esters is 1. The van der Waals surface area contributed by atoms with Crippen LogP contribution in [0.5, 0.6) is 5.75 Å². The van der Waals surface area contributed by atoms with Crippen molar-refractivity contribution in [3.63, 3.8) is 0 Å². The number of ether oxygens (including phenoxy) is 2. The van der Waals surface area contributed by atoms with E-state index in [-0.39, 0.29) is 10.6 Å². The van der Waals surface area contributed by atoms with Crippen LogP contribution in [0.3, 0.4) is 0 Å². The van der Waals surface area contributed by atoms with Crippen molar-refractivity contribution in [1.29, 1.82) is 0 Å². The molecule has 0 fully saturated rings. The third-order valence-electron chi connectivity index (χ3n) is 1.96. The van der Waals surface area contributed by atoms with Gasteiger partial charge in [0, 0.05) is 0 Å². The average molecular weight is 247 g/mol. The highest BCUT2D eigenvalue weighted by molar-refractivity contribution is 6.32. The normalized spacial score (nSPS) is 12.0. The molecule has 1 aromatic carbocycles. The average Bonchev–Trinajstić information content (AvgIpc) is 2.30. The highest BCUT2D eigenvalue weighted by Gasteiger charge is 2.21. The lowest BCUT2D eigenvalue weighted by Crippen LogP contribution is -2.09. The van der Waals surface area contributed by atoms with E-state index < -0.39 is 12.1 Å². The largest absolute Gasteiger partial charge is 0.492 e. The summed E-state index contributed by atoms with van der Waals surface area (Å²) in [5, 5.41) is 0.269. The molecule has 0 aromatic heterocycles. The maximum absolute atomic E-state index is 13.5. The zero-order chi connectivity index (χ0) is 12.1. The fraction of sp³-hybridized carbons (Fsp3) is 0.364. The first kappa shape index (κ1) is 12.8. The Hall–Kier alpha value is -1.29. The van der Waals surface area contributed by atoms with Crippen LogP contribution >= 0.6 is 11.6 Å². The second-order valence-corrected chi connectivity index (χ2v) is 3.42. The fourth-order valence-electron chi connectivity index (χ4n) is 1.19. The van der Waals surface area contributed by atoms with Gasteiger partial charge in [0.05, 0.1) is 18.7 Å². The quantitative estimate of drug-likeness (QED) is 0.767. The number of hydrogen-bond acceptors (Lipinski definition) is 3. The molecule has 0 saturated carbocycles. The van der Waals surface area contributed by atoms with Gasteiger partial charge in [-0.15, -0.1) is 0 Å². The lowest BCUT2D eigenvalue weighted by molar-refractivity contribution is -0.146. The maximum atomic E-state index is 13.5. The van der Waals surface area contributed by atoms with Gasteiger partial charge < -0.3 is 9.47 Å². The third-order valence-corrected chi connectivity index (χ3v) is 2.25. The Kier molecular flexibility index (Phi) is 4.55. The van der Waals surface area contributed by atoms with Gasteiger partial charge in [-0.1, -0.05) is 17.7 Å². The van der Waals surface area contributed by atoms with Crippen LogP contribution in [0.4, 0.5) is 4.39 Å². The molecule has 0 aliphatic heterocycles. The van der Waals surface area contributed by atoms with Crippen molar-refractivity contribution in [1.82, 2.24) is 0 Å². The molecule has 0 aliphatic rings. The van der Waals surface area contributed by atoms with Gasteiger partial charge in [-0.25, -0.2) is 9.18 Å². The van der Waals surface area contributed by atoms with E-state index in [9.17, 15) is 9.18 Å². The van der Waals surface area contributed by atoms with Crippen LogP contribution < -0.4 is 4.74 Å². The Balaban J connectivity index is 2.92. The summed E-state index contributed by atoms with van der Waals surface area (Å²) in [6.07, 6.45) is -1.82. The lowest BCUT2D eigenvalue weighted by atomic mass is 10.1. The van der Waals surface area contributed by atoms with Crippen molar-refractivity contribution in [2.75, 3.05) is 13.7 Å². The topological polar surface area (TPSA) is 35.5 Å². The van der Waals surface area contributed by atoms with Crippen LogP contribution in [-0.2, 0) is 9.53 Å². The molecule has 0 N–H and O–H groups in total. The van der Waals surface area contributed by atoms with E-state index in [2.05, 4.69) is 4.74 Å². The predicted molar refractivity (Wildman–Crippen MR) is 58.5 cm³/mol. The number of carbonyl (C=O) groups excluding carboxylic acids is 1. The summed E-state index contributed by atoms with van der Waals surface area (Å²) >= 11 is 5.86. The van der Waals surface area contributed by atoms with Crippen LogP contribution in [0.2, 0.25) is 5.02 Å². The van der Waals surface area contributed by atoms with Gasteiger partial charge in [-0.3, -0.25) is 0 Å². The Bertz CT molecular complexity index is 381. The molecule has 1 unspecified atom stereocenters. The van der Waals surface area contributed by atoms with E-state index in [1.54, 1.807) is 0 Å². The molecule has 0 bridgehead atoms. The van der Waals surface area contributed by atoms with Gasteiger partial charge >= 0.3 is 5.97 Å². The number of alkyl halides is 1. The monoisotopic (exact) mass is 246 g/mol. The zero-order valence-corrected chi connectivity index (χ0v) is 9.75. The van der Waals surface area contributed by atoms with Crippen molar-refractivity contribution in [3.05, 3.63) is 28.8 Å². The van der Waals surface area contributed by atoms with Crippen molar-refractivity contribution in [3.8, 4) is 5.75 Å². The number of benzene rings is 1. The Morgan fingerprint density at radius 2 is 2.25 bits per heavy atom. The van der Waals surface area contributed by atoms with E-state index in [0.717, 1.165) is 7.11 Å². The molecule has 3 nitrogen and oxygen atoms in total. The third kappa shape index (κ3) is 2.85. The molecule has 0 aliphatic carbocycles. The summed E-state index contributed by atoms with van der Waals surface area (Å²) in [5.74, 6) is -0.481. The Labute approximate surface area is 98.1 Å². The highest BCUT2D eigenvalue weighted by atomic mass is 35.5. The van der Waals surface area contributed by atoms with E-state index in [1.165, 1.54) is 18.2 Å². The number of methoxy groups -OCH3 is 1. The summed E-state index contributed by atoms with van der Waals surface area (Å²) in [6.45, 7) is 2.28. The van der Waals surface area contributed by atoms with E-state index in [4.69, 9.17) is 16.3 Å². The van der Waals surface area contributed by atoms with E-state index in [0.29, 0.717) is 12.4 Å². The molecule has 5 heteroatoms. The van der Waals surface area contributed by atoms with Gasteiger partial charge in [-0.2, -0.15) is 0 Å². The zero-order valence-electron chi connectivity index (χ0n) is 9.00. The molecule has 1 atom stereocenters. The second-order valence-electron chi connectivity index (χ2n) is 3.01. The van der Waals surface area contributed by atoms with Crippen LogP contribution in [0.1, 0.15) is 18.7 Å². The molecule has 0 spiro atoms. The highest BCUT2D eigenvalue weighted by Crippen LogP contribution is 2.29. The van der Waals surface area contributed by atoms with Gasteiger partial charge in [-0.05, 0) is 24.6 Å². The minimum Gasteiger partial charge on any atom is -0.492 e. The lowest BCUT2D eigenvalue weighted by Gasteiger charge is -2.09. The van der Waals surface area contributed by atoms with Crippen molar-refractivity contribution in [2.24, 2.45) is 0 Å². The standard InChI is InChI=1S/C11H12ClFO3/c1-3-16-9-5-4-7(6-8(9)12)10(13)11(14)15-2/h4-6,10H,3H2,1-2H3. The summed E-state index contributed by atoms with van der Waals surface area (Å²) in [4.78, 5) is 11.0. The van der Waals surface area contributed by atoms with Crippen molar-refractivity contribution < 1.29 is 18.7 Å². The van der Waals surface area contributed by atoms with Crippen molar-refractivity contribution >= 4 is 17.6 Å². The smallest absolute Gasteiger partial charge is 0.345 e. The first-order chi connectivity index (χ1) is 7.60. The minimum absolute atomic E-state index is 0.153. The van der Waals surface area contributed by atoms with Gasteiger partial charge in [0.2, 0.25) is 6.17 Å². The van der Waals surface area contributed by atoms with Gasteiger partial charge in [0.1, 0.15) is 5.75 Å². The van der Waals surface area contributed by atoms with E-state index in [1.807, 2.05) is 6.92 Å². The first-order valence-corrected chi connectivity index (χ1v) is 5.12. The molecule has 16 heavy (non-hydrogen) atoms. The second kappa shape index (κ2) is 5.70. The summed E-state index contributed by atoms with van der Waals surface area (Å²) < 4.78 is 22.9. The predicted octanol–water partition coefficient (Wildman–Crippen LogP) is 2.92. The minimum atomic E-state index is -1.82. The number of hydrogen-bond donors (Lipinski definition) is 0.